The van der Waals surface area contributed by atoms with Crippen LogP contribution in [0.5, 0.6) is 0 Å². The lowest BCUT2D eigenvalue weighted by molar-refractivity contribution is -0.137. The van der Waals surface area contributed by atoms with Crippen molar-refractivity contribution in [2.45, 2.75) is 29.7 Å². The predicted octanol–water partition coefficient (Wildman–Crippen LogP) is 8.28. The summed E-state index contributed by atoms with van der Waals surface area (Å²) in [6.45, 7) is 1.75. The molecule has 3 N–H and O–H groups in total. The molecule has 4 aromatic carbocycles. The fourth-order valence-corrected chi connectivity index (χ4v) is 5.19. The minimum Gasteiger partial charge on any atom is -0.325 e. The molecule has 1 unspecified atom stereocenters. The summed E-state index contributed by atoms with van der Waals surface area (Å²) in [5.74, 6) is -1.66. The van der Waals surface area contributed by atoms with Gasteiger partial charge in [-0.2, -0.15) is 13.2 Å². The lowest BCUT2D eigenvalue weighted by Crippen LogP contribution is -2.30. The number of anilines is 2. The molecule has 0 radical (unpaired) electrons. The molecule has 0 aliphatic carbocycles. The Morgan fingerprint density at radius 3 is 2.23 bits per heavy atom. The summed E-state index contributed by atoms with van der Waals surface area (Å²) in [5, 5.41) is 7.63. The van der Waals surface area contributed by atoms with Gasteiger partial charge in [0.25, 0.3) is 11.8 Å². The highest BCUT2D eigenvalue weighted by Crippen LogP contribution is 2.35. The molecule has 1 atom stereocenters. The Balaban J connectivity index is 1.50. The molecule has 6 nitrogen and oxygen atoms in total. The minimum absolute atomic E-state index is 0.0200. The van der Waals surface area contributed by atoms with Crippen molar-refractivity contribution < 1.29 is 27.6 Å². The number of thioether (sulfide) groups is 1. The molecule has 0 fully saturated rings. The van der Waals surface area contributed by atoms with Gasteiger partial charge in [-0.05, 0) is 72.7 Å². The van der Waals surface area contributed by atoms with Gasteiger partial charge in [0.15, 0.2) is 0 Å². The van der Waals surface area contributed by atoms with Crippen molar-refractivity contribution in [3.63, 3.8) is 0 Å². The predicted molar refractivity (Wildman–Crippen MR) is 168 cm³/mol. The van der Waals surface area contributed by atoms with Gasteiger partial charge in [-0.1, -0.05) is 67.1 Å². The van der Waals surface area contributed by atoms with Gasteiger partial charge in [-0.25, -0.2) is 0 Å². The molecule has 44 heavy (non-hydrogen) atoms. The van der Waals surface area contributed by atoms with E-state index in [0.717, 1.165) is 17.8 Å². The molecule has 0 aromatic heterocycles. The van der Waals surface area contributed by atoms with Gasteiger partial charge in [-0.15, -0.1) is 11.8 Å². The highest BCUT2D eigenvalue weighted by atomic mass is 35.5. The summed E-state index contributed by atoms with van der Waals surface area (Å²) < 4.78 is 40.2. The molecule has 0 saturated carbocycles. The van der Waals surface area contributed by atoms with Crippen molar-refractivity contribution in [1.29, 1.82) is 0 Å². The van der Waals surface area contributed by atoms with Crippen LogP contribution in [0.3, 0.4) is 0 Å². The normalized spacial score (nSPS) is 12.2. The van der Waals surface area contributed by atoms with Gasteiger partial charge in [0.2, 0.25) is 5.91 Å². The van der Waals surface area contributed by atoms with Gasteiger partial charge in [0.05, 0.1) is 16.5 Å². The van der Waals surface area contributed by atoms with Crippen molar-refractivity contribution in [3.8, 4) is 0 Å². The monoisotopic (exact) mass is 637 g/mol. The highest BCUT2D eigenvalue weighted by molar-refractivity contribution is 8.00. The lowest BCUT2D eigenvalue weighted by Gasteiger charge is -2.18. The Kier molecular flexibility index (Phi) is 10.9. The van der Waals surface area contributed by atoms with Crippen molar-refractivity contribution in [1.82, 2.24) is 5.32 Å². The first-order valence-electron chi connectivity index (χ1n) is 13.4. The number of benzene rings is 4. The number of hydrogen-bond acceptors (Lipinski definition) is 4. The van der Waals surface area contributed by atoms with E-state index < -0.39 is 34.7 Å². The second kappa shape index (κ2) is 14.8. The summed E-state index contributed by atoms with van der Waals surface area (Å²) in [6, 6.07) is 26.6. The molecule has 11 heteroatoms. The van der Waals surface area contributed by atoms with Crippen LogP contribution in [0.4, 0.5) is 24.5 Å². The summed E-state index contributed by atoms with van der Waals surface area (Å²) >= 11 is 7.14. The van der Waals surface area contributed by atoms with E-state index in [0.29, 0.717) is 33.2 Å². The standard InChI is InChI=1S/C33H27ClF3N3O3S/c1-2-29(32(43)39-27-14-7-6-13-26(27)33(35,36)37)44-25-12-8-11-24(20-25)38-31(42)28(19-21-15-17-23(34)18-16-21)40-30(41)22-9-4-3-5-10-22/h3-20,29H,2H2,1H3,(H,38,42)(H,39,43)(H,40,41)/b28-19+. The summed E-state index contributed by atoms with van der Waals surface area (Å²) in [5.41, 5.74) is 0.105. The summed E-state index contributed by atoms with van der Waals surface area (Å²) in [7, 11) is 0. The van der Waals surface area contributed by atoms with Gasteiger partial charge in [-0.3, -0.25) is 14.4 Å². The summed E-state index contributed by atoms with van der Waals surface area (Å²) in [6.07, 6.45) is -2.77. The van der Waals surface area contributed by atoms with E-state index in [2.05, 4.69) is 16.0 Å². The zero-order valence-electron chi connectivity index (χ0n) is 23.3. The van der Waals surface area contributed by atoms with Gasteiger partial charge in [0.1, 0.15) is 5.70 Å². The molecular formula is C33H27ClF3N3O3S. The van der Waals surface area contributed by atoms with Crippen LogP contribution in [0.2, 0.25) is 5.02 Å². The topological polar surface area (TPSA) is 87.3 Å². The Morgan fingerprint density at radius 1 is 0.864 bits per heavy atom. The molecule has 226 valence electrons. The molecule has 0 aliphatic rings. The van der Waals surface area contributed by atoms with Crippen LogP contribution in [-0.2, 0) is 15.8 Å². The summed E-state index contributed by atoms with van der Waals surface area (Å²) in [4.78, 5) is 39.8. The number of carbonyl (C=O) groups excluding carboxylic acids is 3. The van der Waals surface area contributed by atoms with Crippen molar-refractivity contribution in [2.75, 3.05) is 10.6 Å². The Hall–Kier alpha value is -4.54. The van der Waals surface area contributed by atoms with Crippen molar-refractivity contribution in [3.05, 3.63) is 131 Å². The third-order valence-corrected chi connectivity index (χ3v) is 7.84. The van der Waals surface area contributed by atoms with Crippen LogP contribution in [0, 0.1) is 0 Å². The quantitative estimate of drug-likeness (QED) is 0.121. The maximum absolute atomic E-state index is 13.4. The van der Waals surface area contributed by atoms with Crippen molar-refractivity contribution in [2.24, 2.45) is 0 Å². The number of alkyl halides is 3. The van der Waals surface area contributed by atoms with E-state index in [9.17, 15) is 27.6 Å². The first-order valence-corrected chi connectivity index (χ1v) is 14.7. The number of carbonyl (C=O) groups is 3. The number of hydrogen-bond donors (Lipinski definition) is 3. The highest BCUT2D eigenvalue weighted by Gasteiger charge is 2.34. The average molecular weight is 638 g/mol. The minimum atomic E-state index is -4.62. The molecule has 3 amide bonds. The largest absolute Gasteiger partial charge is 0.418 e. The molecule has 0 bridgehead atoms. The first kappa shape index (κ1) is 32.4. The zero-order chi connectivity index (χ0) is 31.7. The fraction of sp³-hybridized carbons (Fsp3) is 0.121. The van der Waals surface area contributed by atoms with Crippen LogP contribution >= 0.6 is 23.4 Å². The number of rotatable bonds is 10. The number of para-hydroxylation sites is 1. The molecule has 0 saturated heterocycles. The second-order valence-corrected chi connectivity index (χ2v) is 11.2. The van der Waals surface area contributed by atoms with Crippen molar-refractivity contribution >= 4 is 58.5 Å². The van der Waals surface area contributed by atoms with Gasteiger partial charge < -0.3 is 16.0 Å². The molecule has 4 aromatic rings. The first-order chi connectivity index (χ1) is 21.0. The Labute approximate surface area is 261 Å². The maximum atomic E-state index is 13.4. The van der Waals surface area contributed by atoms with Crippen LogP contribution in [0.15, 0.2) is 114 Å². The SMILES string of the molecule is CCC(Sc1cccc(NC(=O)/C(=C\c2ccc(Cl)cc2)NC(=O)c2ccccc2)c1)C(=O)Nc1ccccc1C(F)(F)F. The van der Waals surface area contributed by atoms with E-state index in [1.807, 2.05) is 0 Å². The van der Waals surface area contributed by atoms with Crippen LogP contribution in [0.1, 0.15) is 34.8 Å². The molecule has 0 aliphatic heterocycles. The molecular weight excluding hydrogens is 611 g/mol. The van der Waals surface area contributed by atoms with E-state index in [4.69, 9.17) is 11.6 Å². The smallest absolute Gasteiger partial charge is 0.325 e. The van der Waals surface area contributed by atoms with Gasteiger partial charge >= 0.3 is 6.18 Å². The lowest BCUT2D eigenvalue weighted by atomic mass is 10.1. The van der Waals surface area contributed by atoms with E-state index in [-0.39, 0.29) is 11.4 Å². The number of nitrogens with one attached hydrogen (secondary N) is 3. The maximum Gasteiger partial charge on any atom is 0.418 e. The zero-order valence-corrected chi connectivity index (χ0v) is 24.9. The average Bonchev–Trinajstić information content (AvgIpc) is 3.00. The van der Waals surface area contributed by atoms with Crippen LogP contribution in [-0.4, -0.2) is 23.0 Å². The fourth-order valence-electron chi connectivity index (χ4n) is 4.05. The Morgan fingerprint density at radius 2 is 1.55 bits per heavy atom. The number of amides is 3. The number of halogens is 4. The second-order valence-electron chi connectivity index (χ2n) is 9.46. The molecule has 4 rings (SSSR count). The van der Waals surface area contributed by atoms with E-state index in [1.54, 1.807) is 85.8 Å². The van der Waals surface area contributed by atoms with Gasteiger partial charge in [0, 0.05) is 21.2 Å². The van der Waals surface area contributed by atoms with E-state index in [1.165, 1.54) is 24.3 Å². The molecule has 0 spiro atoms. The van der Waals surface area contributed by atoms with Crippen LogP contribution < -0.4 is 16.0 Å². The third kappa shape index (κ3) is 8.98. The van der Waals surface area contributed by atoms with Crippen LogP contribution in [0.25, 0.3) is 6.08 Å². The third-order valence-electron chi connectivity index (χ3n) is 6.23. The van der Waals surface area contributed by atoms with E-state index >= 15 is 0 Å². The molecule has 0 heterocycles. The Bertz CT molecular complexity index is 1660.